The second-order valence-electron chi connectivity index (χ2n) is 5.08. The lowest BCUT2D eigenvalue weighted by molar-refractivity contribution is -0.137. The highest BCUT2D eigenvalue weighted by molar-refractivity contribution is 6.33. The molecule has 0 atom stereocenters. The van der Waals surface area contributed by atoms with Crippen molar-refractivity contribution in [2.24, 2.45) is 0 Å². The molecule has 21 heavy (non-hydrogen) atoms. The number of piperidine rings is 1. The standard InChI is InChI=1S/C14H16ClF3N2O/c1-9(21)20-7-5-10(6-8-20)19-13-11(14(16,17)18)3-2-4-12(13)15/h2-4,10,19H,5-8H2,1H3. The summed E-state index contributed by atoms with van der Waals surface area (Å²) in [6.45, 7) is 2.57. The van der Waals surface area contributed by atoms with Crippen LogP contribution in [0.2, 0.25) is 5.02 Å². The van der Waals surface area contributed by atoms with Crippen LogP contribution >= 0.6 is 11.6 Å². The average Bonchev–Trinajstić information content (AvgIpc) is 2.40. The molecule has 0 aromatic heterocycles. The van der Waals surface area contributed by atoms with Gasteiger partial charge in [-0.05, 0) is 25.0 Å². The van der Waals surface area contributed by atoms with Gasteiger partial charge >= 0.3 is 6.18 Å². The molecule has 1 aromatic carbocycles. The van der Waals surface area contributed by atoms with E-state index < -0.39 is 11.7 Å². The quantitative estimate of drug-likeness (QED) is 0.899. The predicted molar refractivity (Wildman–Crippen MR) is 75.4 cm³/mol. The van der Waals surface area contributed by atoms with Gasteiger partial charge in [-0.1, -0.05) is 17.7 Å². The molecular formula is C14H16ClF3N2O. The van der Waals surface area contributed by atoms with Crippen molar-refractivity contribution < 1.29 is 18.0 Å². The number of anilines is 1. The largest absolute Gasteiger partial charge is 0.418 e. The van der Waals surface area contributed by atoms with E-state index in [0.717, 1.165) is 6.07 Å². The molecular weight excluding hydrogens is 305 g/mol. The Balaban J connectivity index is 2.12. The number of carbonyl (C=O) groups excluding carboxylic acids is 1. The van der Waals surface area contributed by atoms with Crippen LogP contribution < -0.4 is 5.32 Å². The first-order chi connectivity index (χ1) is 9.79. The van der Waals surface area contributed by atoms with E-state index in [0.29, 0.717) is 25.9 Å². The van der Waals surface area contributed by atoms with Crippen LogP contribution in [-0.2, 0) is 11.0 Å². The van der Waals surface area contributed by atoms with E-state index in [-0.39, 0.29) is 22.7 Å². The number of hydrogen-bond donors (Lipinski definition) is 1. The zero-order valence-corrected chi connectivity index (χ0v) is 12.3. The molecule has 116 valence electrons. The van der Waals surface area contributed by atoms with Crippen molar-refractivity contribution in [2.45, 2.75) is 32.0 Å². The van der Waals surface area contributed by atoms with Gasteiger partial charge < -0.3 is 10.2 Å². The summed E-state index contributed by atoms with van der Waals surface area (Å²) in [5.74, 6) is -0.0119. The molecule has 3 nitrogen and oxygen atoms in total. The first-order valence-corrected chi connectivity index (χ1v) is 7.04. The summed E-state index contributed by atoms with van der Waals surface area (Å²) in [4.78, 5) is 12.9. The van der Waals surface area contributed by atoms with E-state index in [1.807, 2.05) is 0 Å². The lowest BCUT2D eigenvalue weighted by Gasteiger charge is -2.33. The van der Waals surface area contributed by atoms with Gasteiger partial charge in [0.25, 0.3) is 0 Å². The SMILES string of the molecule is CC(=O)N1CCC(Nc2c(Cl)cccc2C(F)(F)F)CC1. The maximum absolute atomic E-state index is 13.0. The summed E-state index contributed by atoms with van der Waals surface area (Å²) in [6.07, 6.45) is -3.25. The van der Waals surface area contributed by atoms with Gasteiger partial charge in [-0.25, -0.2) is 0 Å². The number of hydrogen-bond acceptors (Lipinski definition) is 2. The van der Waals surface area contributed by atoms with E-state index in [2.05, 4.69) is 5.32 Å². The summed E-state index contributed by atoms with van der Waals surface area (Å²) in [5, 5.41) is 2.95. The first kappa shape index (κ1) is 15.9. The zero-order valence-electron chi connectivity index (χ0n) is 11.5. The Hall–Kier alpha value is -1.43. The van der Waals surface area contributed by atoms with Crippen LogP contribution in [0.3, 0.4) is 0 Å². The van der Waals surface area contributed by atoms with Crippen molar-refractivity contribution in [3.8, 4) is 0 Å². The smallest absolute Gasteiger partial charge is 0.380 e. The number of carbonyl (C=O) groups is 1. The number of benzene rings is 1. The molecule has 1 fully saturated rings. The second kappa shape index (κ2) is 6.13. The molecule has 1 aliphatic heterocycles. The lowest BCUT2D eigenvalue weighted by atomic mass is 10.0. The highest BCUT2D eigenvalue weighted by Crippen LogP contribution is 2.39. The minimum absolute atomic E-state index is 0.0119. The van der Waals surface area contributed by atoms with Crippen LogP contribution in [0.25, 0.3) is 0 Å². The summed E-state index contributed by atoms with van der Waals surface area (Å²) < 4.78 is 39.0. The Labute approximate surface area is 126 Å². The topological polar surface area (TPSA) is 32.3 Å². The molecule has 1 amide bonds. The number of rotatable bonds is 2. The van der Waals surface area contributed by atoms with Crippen molar-refractivity contribution in [3.63, 3.8) is 0 Å². The van der Waals surface area contributed by atoms with Gasteiger partial charge in [0.15, 0.2) is 0 Å². The third-order valence-corrected chi connectivity index (χ3v) is 3.92. The fourth-order valence-electron chi connectivity index (χ4n) is 2.45. The van der Waals surface area contributed by atoms with Crippen molar-refractivity contribution >= 4 is 23.2 Å². The van der Waals surface area contributed by atoms with Gasteiger partial charge in [-0.3, -0.25) is 4.79 Å². The van der Waals surface area contributed by atoms with Crippen molar-refractivity contribution in [1.82, 2.24) is 4.90 Å². The highest BCUT2D eigenvalue weighted by atomic mass is 35.5. The van der Waals surface area contributed by atoms with E-state index in [1.165, 1.54) is 19.1 Å². The Bertz CT molecular complexity index is 525. The normalized spacial score (nSPS) is 16.9. The molecule has 0 radical (unpaired) electrons. The van der Waals surface area contributed by atoms with Gasteiger partial charge in [0.05, 0.1) is 16.3 Å². The van der Waals surface area contributed by atoms with E-state index in [9.17, 15) is 18.0 Å². The molecule has 0 saturated carbocycles. The van der Waals surface area contributed by atoms with Crippen molar-refractivity contribution in [2.75, 3.05) is 18.4 Å². The van der Waals surface area contributed by atoms with Gasteiger partial charge in [-0.2, -0.15) is 13.2 Å². The summed E-state index contributed by atoms with van der Waals surface area (Å²) in [6, 6.07) is 3.61. The number of amides is 1. The number of nitrogens with zero attached hydrogens (tertiary/aromatic N) is 1. The maximum atomic E-state index is 13.0. The molecule has 1 N–H and O–H groups in total. The van der Waals surface area contributed by atoms with Crippen LogP contribution in [0.15, 0.2) is 18.2 Å². The minimum atomic E-state index is -4.45. The Morgan fingerprint density at radius 2 is 1.95 bits per heavy atom. The fraction of sp³-hybridized carbons (Fsp3) is 0.500. The Morgan fingerprint density at radius 3 is 2.48 bits per heavy atom. The van der Waals surface area contributed by atoms with Crippen molar-refractivity contribution in [3.05, 3.63) is 28.8 Å². The van der Waals surface area contributed by atoms with Crippen LogP contribution in [-0.4, -0.2) is 29.9 Å². The summed E-state index contributed by atoms with van der Waals surface area (Å²) >= 11 is 5.91. The van der Waals surface area contributed by atoms with E-state index >= 15 is 0 Å². The van der Waals surface area contributed by atoms with Crippen LogP contribution in [0.5, 0.6) is 0 Å². The predicted octanol–water partition coefficient (Wildman–Crippen LogP) is 3.78. The third-order valence-electron chi connectivity index (χ3n) is 3.61. The second-order valence-corrected chi connectivity index (χ2v) is 5.49. The maximum Gasteiger partial charge on any atom is 0.418 e. The minimum Gasteiger partial charge on any atom is -0.380 e. The summed E-state index contributed by atoms with van der Waals surface area (Å²) in [5.41, 5.74) is -0.836. The monoisotopic (exact) mass is 320 g/mol. The Morgan fingerprint density at radius 1 is 1.33 bits per heavy atom. The van der Waals surface area contributed by atoms with Crippen LogP contribution in [0, 0.1) is 0 Å². The lowest BCUT2D eigenvalue weighted by Crippen LogP contribution is -2.41. The van der Waals surface area contributed by atoms with Crippen LogP contribution in [0.1, 0.15) is 25.3 Å². The van der Waals surface area contributed by atoms with Crippen molar-refractivity contribution in [1.29, 1.82) is 0 Å². The zero-order chi connectivity index (χ0) is 15.6. The molecule has 1 heterocycles. The average molecular weight is 321 g/mol. The van der Waals surface area contributed by atoms with Gasteiger partial charge in [-0.15, -0.1) is 0 Å². The molecule has 0 unspecified atom stereocenters. The van der Waals surface area contributed by atoms with Gasteiger partial charge in [0.1, 0.15) is 0 Å². The fourth-order valence-corrected chi connectivity index (χ4v) is 2.68. The number of halogens is 4. The van der Waals surface area contributed by atoms with Gasteiger partial charge in [0.2, 0.25) is 5.91 Å². The molecule has 0 bridgehead atoms. The number of para-hydroxylation sites is 1. The first-order valence-electron chi connectivity index (χ1n) is 6.67. The number of alkyl halides is 3. The molecule has 7 heteroatoms. The van der Waals surface area contributed by atoms with Gasteiger partial charge in [0, 0.05) is 26.1 Å². The molecule has 2 rings (SSSR count). The Kier molecular flexibility index (Phi) is 4.66. The molecule has 0 aliphatic carbocycles. The number of likely N-dealkylation sites (tertiary alicyclic amines) is 1. The summed E-state index contributed by atoms with van der Waals surface area (Å²) in [7, 11) is 0. The van der Waals surface area contributed by atoms with Crippen LogP contribution in [0.4, 0.5) is 18.9 Å². The highest BCUT2D eigenvalue weighted by Gasteiger charge is 2.35. The molecule has 0 spiro atoms. The number of nitrogens with one attached hydrogen (secondary N) is 1. The molecule has 1 aromatic rings. The van der Waals surface area contributed by atoms with E-state index in [1.54, 1.807) is 4.90 Å². The third kappa shape index (κ3) is 3.81. The molecule has 1 aliphatic rings. The van der Waals surface area contributed by atoms with E-state index in [4.69, 9.17) is 11.6 Å². The molecule has 1 saturated heterocycles.